The quantitative estimate of drug-likeness (QED) is 0.772. The van der Waals surface area contributed by atoms with E-state index in [1.165, 1.54) is 24.9 Å². The monoisotopic (exact) mass is 334 g/mol. The summed E-state index contributed by atoms with van der Waals surface area (Å²) in [4.78, 5) is 13.0. The number of H-pyrrole nitrogens is 1. The second-order valence-corrected chi connectivity index (χ2v) is 7.33. The highest BCUT2D eigenvalue weighted by Gasteiger charge is 2.24. The maximum absolute atomic E-state index is 4.69. The summed E-state index contributed by atoms with van der Waals surface area (Å²) in [6, 6.07) is 17.7. The van der Waals surface area contributed by atoms with Crippen LogP contribution in [0.2, 0.25) is 0 Å². The van der Waals surface area contributed by atoms with Gasteiger partial charge < -0.3 is 9.88 Å². The van der Waals surface area contributed by atoms with Crippen LogP contribution >= 0.6 is 0 Å². The number of benzene rings is 2. The van der Waals surface area contributed by atoms with Crippen LogP contribution < -0.4 is 0 Å². The molecule has 25 heavy (non-hydrogen) atoms. The molecule has 2 heterocycles. The number of likely N-dealkylation sites (tertiary alicyclic amines) is 1. The lowest BCUT2D eigenvalue weighted by molar-refractivity contribution is 0.201. The molecule has 0 spiro atoms. The number of aromatic nitrogens is 2. The Balaban J connectivity index is 1.48. The van der Waals surface area contributed by atoms with Gasteiger partial charge in [0.2, 0.25) is 0 Å². The first-order chi connectivity index (χ1) is 12.2. The molecule has 1 aliphatic rings. The van der Waals surface area contributed by atoms with Crippen molar-refractivity contribution in [3.8, 4) is 11.4 Å². The van der Waals surface area contributed by atoms with Gasteiger partial charge in [0.15, 0.2) is 0 Å². The van der Waals surface area contributed by atoms with Gasteiger partial charge >= 0.3 is 0 Å². The number of hydrogen-bond acceptors (Lipinski definition) is 3. The maximum Gasteiger partial charge on any atom is 0.138 e. The smallest absolute Gasteiger partial charge is 0.138 e. The number of rotatable bonds is 5. The molecule has 0 bridgehead atoms. The fraction of sp³-hybridized carbons (Fsp3) is 0.381. The molecule has 0 saturated carbocycles. The van der Waals surface area contributed by atoms with Crippen molar-refractivity contribution in [3.05, 3.63) is 54.1 Å². The average molecular weight is 334 g/mol. The third-order valence-electron chi connectivity index (χ3n) is 5.08. The number of hydrogen-bond donors (Lipinski definition) is 1. The molecule has 0 radical (unpaired) electrons. The molecule has 1 aromatic heterocycles. The van der Waals surface area contributed by atoms with Gasteiger partial charge in [-0.3, -0.25) is 4.90 Å². The maximum atomic E-state index is 4.69. The van der Waals surface area contributed by atoms with Crippen molar-refractivity contribution in [2.45, 2.75) is 25.4 Å². The number of likely N-dealkylation sites (N-methyl/N-ethyl adjacent to an activating group) is 1. The minimum Gasteiger partial charge on any atom is -0.338 e. The minimum absolute atomic E-state index is 0.685. The first kappa shape index (κ1) is 16.3. The molecule has 4 nitrogen and oxygen atoms in total. The predicted octanol–water partition coefficient (Wildman–Crippen LogP) is 3.76. The summed E-state index contributed by atoms with van der Waals surface area (Å²) < 4.78 is 0. The Morgan fingerprint density at radius 2 is 1.92 bits per heavy atom. The van der Waals surface area contributed by atoms with Crippen molar-refractivity contribution in [2.24, 2.45) is 0 Å². The van der Waals surface area contributed by atoms with Crippen LogP contribution in [0.1, 0.15) is 18.4 Å². The lowest BCUT2D eigenvalue weighted by Gasteiger charge is -2.27. The number of aromatic amines is 1. The lowest BCUT2D eigenvalue weighted by atomic mass is 10.1. The van der Waals surface area contributed by atoms with Gasteiger partial charge in [-0.2, -0.15) is 0 Å². The average Bonchev–Trinajstić information content (AvgIpc) is 3.22. The molecule has 1 N–H and O–H groups in total. The zero-order valence-electron chi connectivity index (χ0n) is 15.1. The normalized spacial score (nSPS) is 18.4. The highest BCUT2D eigenvalue weighted by molar-refractivity contribution is 5.79. The fourth-order valence-electron chi connectivity index (χ4n) is 3.82. The number of nitrogens with zero attached hydrogens (tertiary/aromatic N) is 3. The van der Waals surface area contributed by atoms with Gasteiger partial charge in [0.05, 0.1) is 11.0 Å². The summed E-state index contributed by atoms with van der Waals surface area (Å²) >= 11 is 0. The Kier molecular flexibility index (Phi) is 4.55. The van der Waals surface area contributed by atoms with E-state index in [1.54, 1.807) is 0 Å². The van der Waals surface area contributed by atoms with E-state index in [4.69, 9.17) is 0 Å². The zero-order valence-corrected chi connectivity index (χ0v) is 15.1. The summed E-state index contributed by atoms with van der Waals surface area (Å²) in [7, 11) is 4.33. The largest absolute Gasteiger partial charge is 0.338 e. The molecular weight excluding hydrogens is 308 g/mol. The van der Waals surface area contributed by atoms with E-state index in [2.05, 4.69) is 64.2 Å². The van der Waals surface area contributed by atoms with E-state index < -0.39 is 0 Å². The fourth-order valence-corrected chi connectivity index (χ4v) is 3.82. The van der Waals surface area contributed by atoms with Gasteiger partial charge in [-0.25, -0.2) is 4.98 Å². The van der Waals surface area contributed by atoms with Crippen LogP contribution in [0.5, 0.6) is 0 Å². The van der Waals surface area contributed by atoms with Crippen LogP contribution in [-0.4, -0.2) is 53.0 Å². The Labute approximate surface area is 149 Å². The van der Waals surface area contributed by atoms with E-state index in [0.717, 1.165) is 35.5 Å². The molecule has 0 amide bonds. The van der Waals surface area contributed by atoms with Gasteiger partial charge in [-0.05, 0) is 51.2 Å². The molecule has 3 aromatic rings. The highest BCUT2D eigenvalue weighted by atomic mass is 15.2. The van der Waals surface area contributed by atoms with Gasteiger partial charge in [0, 0.05) is 24.7 Å². The van der Waals surface area contributed by atoms with E-state index in [9.17, 15) is 0 Å². The van der Waals surface area contributed by atoms with Gasteiger partial charge in [0.25, 0.3) is 0 Å². The van der Waals surface area contributed by atoms with Crippen molar-refractivity contribution in [1.82, 2.24) is 19.8 Å². The number of nitrogens with one attached hydrogen (secondary N) is 1. The van der Waals surface area contributed by atoms with E-state index in [1.807, 2.05) is 18.2 Å². The van der Waals surface area contributed by atoms with E-state index in [-0.39, 0.29) is 0 Å². The molecule has 1 unspecified atom stereocenters. The van der Waals surface area contributed by atoms with Gasteiger partial charge in [-0.1, -0.05) is 36.4 Å². The molecule has 1 atom stereocenters. The SMILES string of the molecule is CN(C)CC1CCCN1Cc1ccc(-c2nc3ccccc3[nH]2)cc1. The first-order valence-corrected chi connectivity index (χ1v) is 9.12. The third-order valence-corrected chi connectivity index (χ3v) is 5.08. The van der Waals surface area contributed by atoms with Crippen molar-refractivity contribution in [3.63, 3.8) is 0 Å². The molecule has 130 valence electrons. The van der Waals surface area contributed by atoms with Crippen molar-refractivity contribution < 1.29 is 0 Å². The van der Waals surface area contributed by atoms with Crippen LogP contribution in [0.4, 0.5) is 0 Å². The molecular formula is C21H26N4. The summed E-state index contributed by atoms with van der Waals surface area (Å²) in [6.45, 7) is 3.40. The molecule has 4 rings (SSSR count). The van der Waals surface area contributed by atoms with E-state index >= 15 is 0 Å². The number of imidazole rings is 1. The van der Waals surface area contributed by atoms with Gasteiger partial charge in [0.1, 0.15) is 5.82 Å². The molecule has 1 fully saturated rings. The van der Waals surface area contributed by atoms with Crippen LogP contribution in [0.15, 0.2) is 48.5 Å². The first-order valence-electron chi connectivity index (χ1n) is 9.12. The molecule has 0 aliphatic carbocycles. The Morgan fingerprint density at radius 1 is 1.12 bits per heavy atom. The molecule has 4 heteroatoms. The topological polar surface area (TPSA) is 35.2 Å². The lowest BCUT2D eigenvalue weighted by Crippen LogP contribution is -2.37. The van der Waals surface area contributed by atoms with Crippen molar-refractivity contribution in [2.75, 3.05) is 27.2 Å². The van der Waals surface area contributed by atoms with Crippen LogP contribution in [0.25, 0.3) is 22.4 Å². The summed E-state index contributed by atoms with van der Waals surface area (Å²) in [5.41, 5.74) is 4.63. The van der Waals surface area contributed by atoms with Crippen LogP contribution in [0.3, 0.4) is 0 Å². The zero-order chi connectivity index (χ0) is 17.2. The predicted molar refractivity (Wildman–Crippen MR) is 104 cm³/mol. The summed E-state index contributed by atoms with van der Waals surface area (Å²) in [6.07, 6.45) is 2.63. The summed E-state index contributed by atoms with van der Waals surface area (Å²) in [5.74, 6) is 0.944. The molecule has 1 aliphatic heterocycles. The second-order valence-electron chi connectivity index (χ2n) is 7.33. The van der Waals surface area contributed by atoms with Crippen LogP contribution in [0, 0.1) is 0 Å². The van der Waals surface area contributed by atoms with Crippen LogP contribution in [-0.2, 0) is 6.54 Å². The number of para-hydroxylation sites is 2. The van der Waals surface area contributed by atoms with Gasteiger partial charge in [-0.15, -0.1) is 0 Å². The second kappa shape index (κ2) is 6.98. The van der Waals surface area contributed by atoms with E-state index in [0.29, 0.717) is 6.04 Å². The molecule has 1 saturated heterocycles. The number of fused-ring (bicyclic) bond motifs is 1. The standard InChI is InChI=1S/C21H26N4/c1-24(2)15-18-6-5-13-25(18)14-16-9-11-17(12-10-16)21-22-19-7-3-4-8-20(19)23-21/h3-4,7-12,18H,5-6,13-15H2,1-2H3,(H,22,23). The summed E-state index contributed by atoms with van der Waals surface area (Å²) in [5, 5.41) is 0. The Bertz CT molecular complexity index is 801. The minimum atomic E-state index is 0.685. The Morgan fingerprint density at radius 3 is 2.68 bits per heavy atom. The van der Waals surface area contributed by atoms with Crippen molar-refractivity contribution >= 4 is 11.0 Å². The third kappa shape index (κ3) is 3.60. The highest BCUT2D eigenvalue weighted by Crippen LogP contribution is 2.23. The Hall–Kier alpha value is -2.17. The molecule has 2 aromatic carbocycles. The van der Waals surface area contributed by atoms with Crippen molar-refractivity contribution in [1.29, 1.82) is 0 Å².